The number of rotatable bonds is 3. The maximum atomic E-state index is 13.6. The van der Waals surface area contributed by atoms with Gasteiger partial charge in [0.15, 0.2) is 5.16 Å². The molecular weight excluding hydrogens is 373 g/mol. The molecule has 0 radical (unpaired) electrons. The molecule has 114 valence electrons. The third kappa shape index (κ3) is 2.93. The molecule has 2 aromatic rings. The molecule has 0 bridgehead atoms. The first-order valence-corrected chi connectivity index (χ1v) is 8.29. The maximum absolute atomic E-state index is 13.6. The first kappa shape index (κ1) is 15.2. The van der Waals surface area contributed by atoms with E-state index in [1.807, 2.05) is 0 Å². The third-order valence-corrected chi connectivity index (χ3v) is 4.71. The molecule has 0 saturated carbocycles. The van der Waals surface area contributed by atoms with Crippen molar-refractivity contribution in [1.82, 2.24) is 14.9 Å². The summed E-state index contributed by atoms with van der Waals surface area (Å²) in [6.07, 6.45) is 1.28. The van der Waals surface area contributed by atoms with Crippen LogP contribution in [0.2, 0.25) is 0 Å². The number of hydrogen-bond acceptors (Lipinski definition) is 4. The Morgan fingerprint density at radius 1 is 1.50 bits per heavy atom. The molecular formula is C14H11BrFN3O2S. The second kappa shape index (κ2) is 6.21. The molecule has 1 amide bonds. The first-order chi connectivity index (χ1) is 10.6. The molecule has 1 aliphatic rings. The smallest absolute Gasteiger partial charge is 0.267 e. The molecule has 0 unspecified atom stereocenters. The Labute approximate surface area is 138 Å². The zero-order valence-corrected chi connectivity index (χ0v) is 13.7. The van der Waals surface area contributed by atoms with E-state index in [9.17, 15) is 14.0 Å². The molecule has 8 heteroatoms. The lowest BCUT2D eigenvalue weighted by Crippen LogP contribution is -2.33. The molecule has 1 N–H and O–H groups in total. The molecule has 0 atom stereocenters. The molecule has 0 saturated heterocycles. The molecule has 1 aromatic heterocycles. The number of thioether (sulfide) groups is 1. The van der Waals surface area contributed by atoms with E-state index in [-0.39, 0.29) is 17.7 Å². The molecule has 3 rings (SSSR count). The highest BCUT2D eigenvalue weighted by molar-refractivity contribution is 9.10. The van der Waals surface area contributed by atoms with Crippen LogP contribution in [-0.2, 0) is 13.1 Å². The van der Waals surface area contributed by atoms with E-state index >= 15 is 0 Å². The average Bonchev–Trinajstić information content (AvgIpc) is 2.98. The van der Waals surface area contributed by atoms with Crippen LogP contribution in [0.4, 0.5) is 4.39 Å². The summed E-state index contributed by atoms with van der Waals surface area (Å²) >= 11 is 4.73. The number of aromatic nitrogens is 2. The average molecular weight is 384 g/mol. The van der Waals surface area contributed by atoms with Crippen LogP contribution >= 0.6 is 27.7 Å². The second-order valence-electron chi connectivity index (χ2n) is 4.68. The molecule has 0 fully saturated rings. The minimum Gasteiger partial charge on any atom is -0.348 e. The summed E-state index contributed by atoms with van der Waals surface area (Å²) in [6.45, 7) is 0.549. The Bertz CT molecular complexity index is 809. The third-order valence-electron chi connectivity index (χ3n) is 3.25. The predicted molar refractivity (Wildman–Crippen MR) is 84.5 cm³/mol. The van der Waals surface area contributed by atoms with Gasteiger partial charge in [0.2, 0.25) is 0 Å². The van der Waals surface area contributed by atoms with Gasteiger partial charge in [0.05, 0.1) is 0 Å². The summed E-state index contributed by atoms with van der Waals surface area (Å²) < 4.78 is 15.8. The molecule has 5 nitrogen and oxygen atoms in total. The van der Waals surface area contributed by atoms with Crippen LogP contribution in [0, 0.1) is 5.82 Å². The zero-order valence-electron chi connectivity index (χ0n) is 11.3. The van der Waals surface area contributed by atoms with Crippen molar-refractivity contribution in [3.63, 3.8) is 0 Å². The Kier molecular flexibility index (Phi) is 4.30. The van der Waals surface area contributed by atoms with Crippen LogP contribution in [0.5, 0.6) is 0 Å². The van der Waals surface area contributed by atoms with Gasteiger partial charge in [-0.3, -0.25) is 14.2 Å². The lowest BCUT2D eigenvalue weighted by atomic mass is 10.2. The number of amides is 1. The van der Waals surface area contributed by atoms with E-state index in [0.29, 0.717) is 17.3 Å². The van der Waals surface area contributed by atoms with E-state index in [4.69, 9.17) is 0 Å². The van der Waals surface area contributed by atoms with Gasteiger partial charge in [-0.25, -0.2) is 9.37 Å². The van der Waals surface area contributed by atoms with Crippen molar-refractivity contribution in [3.05, 3.63) is 56.2 Å². The number of nitrogens with zero attached hydrogens (tertiary/aromatic N) is 2. The van der Waals surface area contributed by atoms with Gasteiger partial charge >= 0.3 is 0 Å². The monoisotopic (exact) mass is 383 g/mol. The quantitative estimate of drug-likeness (QED) is 0.825. The Hall–Kier alpha value is -1.67. The van der Waals surface area contributed by atoms with Gasteiger partial charge in [0, 0.05) is 35.1 Å². The van der Waals surface area contributed by atoms with Crippen LogP contribution in [0.15, 0.2) is 38.8 Å². The Balaban J connectivity index is 1.78. The fourth-order valence-electron chi connectivity index (χ4n) is 2.12. The van der Waals surface area contributed by atoms with Gasteiger partial charge < -0.3 is 5.32 Å². The number of carbonyl (C=O) groups is 1. The van der Waals surface area contributed by atoms with E-state index in [1.54, 1.807) is 12.1 Å². The van der Waals surface area contributed by atoms with Gasteiger partial charge in [-0.2, -0.15) is 0 Å². The molecule has 2 heterocycles. The second-order valence-corrected chi connectivity index (χ2v) is 6.66. The highest BCUT2D eigenvalue weighted by Crippen LogP contribution is 2.20. The Morgan fingerprint density at radius 3 is 3.14 bits per heavy atom. The van der Waals surface area contributed by atoms with E-state index in [1.165, 1.54) is 28.6 Å². The minimum absolute atomic E-state index is 0.0000477. The summed E-state index contributed by atoms with van der Waals surface area (Å²) in [5.41, 5.74) is -0.0450. The predicted octanol–water partition coefficient (Wildman–Crippen LogP) is 2.18. The van der Waals surface area contributed by atoms with Crippen molar-refractivity contribution in [2.24, 2.45) is 0 Å². The van der Waals surface area contributed by atoms with Crippen molar-refractivity contribution in [1.29, 1.82) is 0 Å². The SMILES string of the molecule is O=C(NCc1cc(Br)ccc1F)c1cnc2n(c1=O)CCS2. The van der Waals surface area contributed by atoms with Crippen LogP contribution in [0.1, 0.15) is 15.9 Å². The number of halogens is 2. The fourth-order valence-corrected chi connectivity index (χ4v) is 3.45. The van der Waals surface area contributed by atoms with Crippen LogP contribution in [-0.4, -0.2) is 21.2 Å². The van der Waals surface area contributed by atoms with E-state index < -0.39 is 11.7 Å². The minimum atomic E-state index is -0.552. The lowest BCUT2D eigenvalue weighted by Gasteiger charge is -2.08. The highest BCUT2D eigenvalue weighted by Gasteiger charge is 2.20. The van der Waals surface area contributed by atoms with Crippen LogP contribution < -0.4 is 10.9 Å². The Morgan fingerprint density at radius 2 is 2.32 bits per heavy atom. The van der Waals surface area contributed by atoms with Crippen molar-refractivity contribution in [3.8, 4) is 0 Å². The van der Waals surface area contributed by atoms with Gasteiger partial charge in [0.25, 0.3) is 11.5 Å². The standard InChI is InChI=1S/C14H11BrFN3O2S/c15-9-1-2-11(16)8(5-9)6-17-12(20)10-7-18-14-19(13(10)21)3-4-22-14/h1-2,5,7H,3-4,6H2,(H,17,20). The van der Waals surface area contributed by atoms with Gasteiger partial charge in [-0.1, -0.05) is 27.7 Å². The number of carbonyl (C=O) groups excluding carboxylic acids is 1. The van der Waals surface area contributed by atoms with Crippen molar-refractivity contribution >= 4 is 33.6 Å². The largest absolute Gasteiger partial charge is 0.348 e. The zero-order chi connectivity index (χ0) is 15.7. The van der Waals surface area contributed by atoms with E-state index in [2.05, 4.69) is 26.2 Å². The summed E-state index contributed by atoms with van der Waals surface area (Å²) in [7, 11) is 0. The maximum Gasteiger partial charge on any atom is 0.267 e. The van der Waals surface area contributed by atoms with E-state index in [0.717, 1.165) is 10.2 Å². The van der Waals surface area contributed by atoms with Gasteiger partial charge in [0.1, 0.15) is 11.4 Å². The molecule has 22 heavy (non-hydrogen) atoms. The van der Waals surface area contributed by atoms with Crippen molar-refractivity contribution < 1.29 is 9.18 Å². The molecule has 0 spiro atoms. The topological polar surface area (TPSA) is 64.0 Å². The number of benzene rings is 1. The summed E-state index contributed by atoms with van der Waals surface area (Å²) in [6, 6.07) is 4.48. The summed E-state index contributed by atoms with van der Waals surface area (Å²) in [5.74, 6) is -0.191. The van der Waals surface area contributed by atoms with Crippen LogP contribution in [0.3, 0.4) is 0 Å². The number of fused-ring (bicyclic) bond motifs is 1. The summed E-state index contributed by atoms with van der Waals surface area (Å²) in [5, 5.41) is 3.18. The normalized spacial score (nSPS) is 13.0. The van der Waals surface area contributed by atoms with Gasteiger partial charge in [-0.15, -0.1) is 0 Å². The highest BCUT2D eigenvalue weighted by atomic mass is 79.9. The molecule has 0 aliphatic carbocycles. The molecule has 1 aromatic carbocycles. The molecule has 1 aliphatic heterocycles. The number of hydrogen-bond donors (Lipinski definition) is 1. The number of nitrogens with one attached hydrogen (secondary N) is 1. The van der Waals surface area contributed by atoms with Crippen LogP contribution in [0.25, 0.3) is 0 Å². The van der Waals surface area contributed by atoms with Crippen molar-refractivity contribution in [2.75, 3.05) is 5.75 Å². The van der Waals surface area contributed by atoms with Gasteiger partial charge in [-0.05, 0) is 18.2 Å². The van der Waals surface area contributed by atoms with Crippen molar-refractivity contribution in [2.45, 2.75) is 18.2 Å². The first-order valence-electron chi connectivity index (χ1n) is 6.51. The summed E-state index contributed by atoms with van der Waals surface area (Å²) in [4.78, 5) is 28.4. The lowest BCUT2D eigenvalue weighted by molar-refractivity contribution is 0.0947. The fraction of sp³-hybridized carbons (Fsp3) is 0.214.